The van der Waals surface area contributed by atoms with Gasteiger partial charge in [-0.1, -0.05) is 48.5 Å². The summed E-state index contributed by atoms with van der Waals surface area (Å²) in [5.74, 6) is -0.472. The molecule has 1 N–H and O–H groups in total. The number of carboxylic acid groups (broad SMARTS) is 1. The second kappa shape index (κ2) is 11.5. The van der Waals surface area contributed by atoms with Gasteiger partial charge < -0.3 is 9.84 Å². The van der Waals surface area contributed by atoms with E-state index in [1.54, 1.807) is 16.8 Å². The van der Waals surface area contributed by atoms with Gasteiger partial charge in [0.1, 0.15) is 18.2 Å². The van der Waals surface area contributed by atoms with Gasteiger partial charge in [0.15, 0.2) is 0 Å². The van der Waals surface area contributed by atoms with Gasteiger partial charge >= 0.3 is 5.97 Å². The molecule has 5 rings (SSSR count). The third-order valence-electron chi connectivity index (χ3n) is 6.15. The number of benzene rings is 3. The summed E-state index contributed by atoms with van der Waals surface area (Å²) < 4.78 is 21.1. The summed E-state index contributed by atoms with van der Waals surface area (Å²) in [7, 11) is 0. The zero-order valence-electron chi connectivity index (χ0n) is 20.6. The third kappa shape index (κ3) is 6.31. The summed E-state index contributed by atoms with van der Waals surface area (Å²) in [5, 5.41) is 13.8. The SMILES string of the molecule is O=C(O)CCc1cn(Cc2ccc(OCc3ccc(-c4ccccc4)cn3)cc2)nc1-c1ccc(F)cc1. The van der Waals surface area contributed by atoms with E-state index in [1.165, 1.54) is 12.1 Å². The predicted molar refractivity (Wildman–Crippen MR) is 143 cm³/mol. The van der Waals surface area contributed by atoms with Crippen LogP contribution in [-0.2, 0) is 24.4 Å². The average molecular weight is 508 g/mol. The number of halogens is 1. The number of rotatable bonds is 10. The first-order valence-electron chi connectivity index (χ1n) is 12.3. The second-order valence-corrected chi connectivity index (χ2v) is 8.94. The highest BCUT2D eigenvalue weighted by Gasteiger charge is 2.13. The summed E-state index contributed by atoms with van der Waals surface area (Å²) >= 11 is 0. The van der Waals surface area contributed by atoms with Gasteiger partial charge in [-0.3, -0.25) is 14.5 Å². The highest BCUT2D eigenvalue weighted by atomic mass is 19.1. The zero-order valence-corrected chi connectivity index (χ0v) is 20.6. The number of aliphatic carboxylic acids is 1. The molecule has 190 valence electrons. The van der Waals surface area contributed by atoms with E-state index in [0.29, 0.717) is 25.3 Å². The molecule has 2 heterocycles. The molecule has 3 aromatic carbocycles. The molecular weight excluding hydrogens is 481 g/mol. The van der Waals surface area contributed by atoms with Crippen molar-refractivity contribution in [3.05, 3.63) is 126 Å². The molecule has 0 spiro atoms. The summed E-state index contributed by atoms with van der Waals surface area (Å²) in [6.45, 7) is 0.867. The Morgan fingerprint density at radius 2 is 1.61 bits per heavy atom. The predicted octanol–water partition coefficient (Wildman–Crippen LogP) is 6.40. The van der Waals surface area contributed by atoms with Crippen LogP contribution in [0.3, 0.4) is 0 Å². The number of aromatic nitrogens is 3. The molecule has 0 aliphatic heterocycles. The van der Waals surface area contributed by atoms with Crippen molar-refractivity contribution in [2.45, 2.75) is 26.0 Å². The molecule has 7 heteroatoms. The molecular formula is C31H26FN3O3. The van der Waals surface area contributed by atoms with Crippen molar-refractivity contribution < 1.29 is 19.0 Å². The first-order valence-corrected chi connectivity index (χ1v) is 12.3. The van der Waals surface area contributed by atoms with E-state index in [-0.39, 0.29) is 12.2 Å². The van der Waals surface area contributed by atoms with E-state index in [2.05, 4.69) is 22.2 Å². The van der Waals surface area contributed by atoms with Crippen molar-refractivity contribution in [3.63, 3.8) is 0 Å². The number of ether oxygens (including phenoxy) is 1. The van der Waals surface area contributed by atoms with E-state index < -0.39 is 5.97 Å². The number of carboxylic acids is 1. The fourth-order valence-corrected chi connectivity index (χ4v) is 4.17. The van der Waals surface area contributed by atoms with Crippen molar-refractivity contribution in [1.29, 1.82) is 0 Å². The third-order valence-corrected chi connectivity index (χ3v) is 6.15. The fourth-order valence-electron chi connectivity index (χ4n) is 4.17. The maximum atomic E-state index is 13.4. The van der Waals surface area contributed by atoms with Crippen molar-refractivity contribution >= 4 is 5.97 Å². The van der Waals surface area contributed by atoms with Crippen molar-refractivity contribution in [3.8, 4) is 28.1 Å². The topological polar surface area (TPSA) is 77.2 Å². The largest absolute Gasteiger partial charge is 0.487 e. The Labute approximate surface area is 220 Å². The Balaban J connectivity index is 1.23. The molecule has 0 fully saturated rings. The Morgan fingerprint density at radius 1 is 0.868 bits per heavy atom. The number of pyridine rings is 1. The van der Waals surface area contributed by atoms with Gasteiger partial charge in [0.2, 0.25) is 0 Å². The minimum Gasteiger partial charge on any atom is -0.487 e. The summed E-state index contributed by atoms with van der Waals surface area (Å²) in [5.41, 5.74) is 6.26. The first kappa shape index (κ1) is 24.9. The first-order chi connectivity index (χ1) is 18.5. The van der Waals surface area contributed by atoms with Crippen LogP contribution in [0.1, 0.15) is 23.2 Å². The normalized spacial score (nSPS) is 10.9. The minimum absolute atomic E-state index is 0.00420. The standard InChI is InChI=1S/C31H26FN3O3/c32-27-12-8-24(9-13-27)31-26(11-17-30(36)37)20-35(34-31)19-22-6-15-29(16-7-22)38-21-28-14-10-25(18-33-28)23-4-2-1-3-5-23/h1-10,12-16,18,20H,11,17,19,21H2,(H,36,37). The van der Waals surface area contributed by atoms with Crippen molar-refractivity contribution in [2.24, 2.45) is 0 Å². The molecule has 5 aromatic rings. The van der Waals surface area contributed by atoms with Gasteiger partial charge in [-0.05, 0) is 65.6 Å². The molecule has 0 atom stereocenters. The van der Waals surface area contributed by atoms with Crippen LogP contribution in [0, 0.1) is 5.82 Å². The summed E-state index contributed by atoms with van der Waals surface area (Å²) in [6, 6.07) is 27.9. The quantitative estimate of drug-likeness (QED) is 0.237. The highest BCUT2D eigenvalue weighted by Crippen LogP contribution is 2.25. The number of carbonyl (C=O) groups is 1. The molecule has 0 amide bonds. The second-order valence-electron chi connectivity index (χ2n) is 8.94. The van der Waals surface area contributed by atoms with Crippen LogP contribution in [0.4, 0.5) is 4.39 Å². The molecule has 0 aliphatic rings. The van der Waals surface area contributed by atoms with E-state index in [4.69, 9.17) is 9.84 Å². The fraction of sp³-hybridized carbons (Fsp3) is 0.129. The van der Waals surface area contributed by atoms with Crippen LogP contribution in [0.5, 0.6) is 5.75 Å². The van der Waals surface area contributed by atoms with Gasteiger partial charge in [-0.2, -0.15) is 5.10 Å². The number of hydrogen-bond donors (Lipinski definition) is 1. The summed E-state index contributed by atoms with van der Waals surface area (Å²) in [6.07, 6.45) is 4.05. The number of nitrogens with zero attached hydrogens (tertiary/aromatic N) is 3. The lowest BCUT2D eigenvalue weighted by Gasteiger charge is -2.08. The Bertz CT molecular complexity index is 1500. The monoisotopic (exact) mass is 507 g/mol. The lowest BCUT2D eigenvalue weighted by molar-refractivity contribution is -0.136. The van der Waals surface area contributed by atoms with Gasteiger partial charge in [0.25, 0.3) is 0 Å². The van der Waals surface area contributed by atoms with E-state index in [0.717, 1.165) is 39.3 Å². The van der Waals surface area contributed by atoms with Crippen LogP contribution < -0.4 is 4.74 Å². The van der Waals surface area contributed by atoms with E-state index >= 15 is 0 Å². The molecule has 0 aliphatic carbocycles. The lowest BCUT2D eigenvalue weighted by atomic mass is 10.0. The summed E-state index contributed by atoms with van der Waals surface area (Å²) in [4.78, 5) is 15.6. The minimum atomic E-state index is -0.874. The Kier molecular flexibility index (Phi) is 7.54. The molecule has 0 saturated heterocycles. The molecule has 38 heavy (non-hydrogen) atoms. The molecule has 0 saturated carbocycles. The van der Waals surface area contributed by atoms with Crippen LogP contribution in [0.2, 0.25) is 0 Å². The molecule has 2 aromatic heterocycles. The van der Waals surface area contributed by atoms with E-state index in [1.807, 2.05) is 67.0 Å². The highest BCUT2D eigenvalue weighted by molar-refractivity contribution is 5.69. The average Bonchev–Trinajstić information content (AvgIpc) is 3.35. The van der Waals surface area contributed by atoms with Gasteiger partial charge in [0, 0.05) is 29.9 Å². The van der Waals surface area contributed by atoms with E-state index in [9.17, 15) is 9.18 Å². The Hall–Kier alpha value is -4.78. The number of aryl methyl sites for hydroxylation is 1. The van der Waals surface area contributed by atoms with Crippen LogP contribution in [-0.4, -0.2) is 25.8 Å². The maximum Gasteiger partial charge on any atom is 0.303 e. The van der Waals surface area contributed by atoms with Crippen LogP contribution in [0.25, 0.3) is 22.4 Å². The van der Waals surface area contributed by atoms with Crippen LogP contribution >= 0.6 is 0 Å². The lowest BCUT2D eigenvalue weighted by Crippen LogP contribution is -2.01. The maximum absolute atomic E-state index is 13.4. The van der Waals surface area contributed by atoms with Gasteiger partial charge in [0.05, 0.1) is 17.9 Å². The van der Waals surface area contributed by atoms with Crippen molar-refractivity contribution in [2.75, 3.05) is 0 Å². The van der Waals surface area contributed by atoms with Crippen molar-refractivity contribution in [1.82, 2.24) is 14.8 Å². The van der Waals surface area contributed by atoms with Gasteiger partial charge in [-0.25, -0.2) is 4.39 Å². The molecule has 0 unspecified atom stereocenters. The molecule has 0 bridgehead atoms. The number of hydrogen-bond acceptors (Lipinski definition) is 4. The smallest absolute Gasteiger partial charge is 0.303 e. The molecule has 0 radical (unpaired) electrons. The zero-order chi connectivity index (χ0) is 26.3. The van der Waals surface area contributed by atoms with Crippen LogP contribution in [0.15, 0.2) is 103 Å². The Morgan fingerprint density at radius 3 is 2.29 bits per heavy atom. The molecule has 6 nitrogen and oxygen atoms in total. The van der Waals surface area contributed by atoms with Gasteiger partial charge in [-0.15, -0.1) is 0 Å².